The normalized spacial score (nSPS) is 10.1. The summed E-state index contributed by atoms with van der Waals surface area (Å²) in [4.78, 5) is 3.88. The highest BCUT2D eigenvalue weighted by Crippen LogP contribution is 2.16. The van der Waals surface area contributed by atoms with E-state index in [2.05, 4.69) is 10.1 Å². The molecule has 0 aliphatic rings. The molecule has 0 saturated heterocycles. The SMILES string of the molecule is Clc1cnccc1-n1cccn1. The standard InChI is InChI=1S/C8H6ClN3/c9-7-6-10-4-2-8(7)12-5-1-3-11-12/h1-6H. The molecule has 0 aromatic carbocycles. The van der Waals surface area contributed by atoms with E-state index in [1.807, 2.05) is 18.3 Å². The minimum atomic E-state index is 0.598. The molecule has 2 aromatic heterocycles. The van der Waals surface area contributed by atoms with Gasteiger partial charge in [-0.25, -0.2) is 4.68 Å². The predicted molar refractivity (Wildman–Crippen MR) is 46.4 cm³/mol. The Balaban J connectivity index is 2.55. The molecular formula is C8H6ClN3. The van der Waals surface area contributed by atoms with Crippen LogP contribution in [0.25, 0.3) is 5.69 Å². The van der Waals surface area contributed by atoms with Crippen molar-refractivity contribution in [3.8, 4) is 5.69 Å². The van der Waals surface area contributed by atoms with Crippen molar-refractivity contribution in [2.45, 2.75) is 0 Å². The molecule has 0 fully saturated rings. The molecule has 4 heteroatoms. The van der Waals surface area contributed by atoms with Crippen molar-refractivity contribution in [1.29, 1.82) is 0 Å². The maximum Gasteiger partial charge on any atom is 0.0862 e. The number of halogens is 1. The number of rotatable bonds is 1. The Labute approximate surface area is 74.6 Å². The van der Waals surface area contributed by atoms with Gasteiger partial charge in [0.05, 0.1) is 10.7 Å². The largest absolute Gasteiger partial charge is 0.263 e. The quantitative estimate of drug-likeness (QED) is 0.670. The van der Waals surface area contributed by atoms with E-state index in [9.17, 15) is 0 Å². The van der Waals surface area contributed by atoms with Gasteiger partial charge < -0.3 is 0 Å². The van der Waals surface area contributed by atoms with E-state index in [0.717, 1.165) is 5.69 Å². The molecule has 0 radical (unpaired) electrons. The van der Waals surface area contributed by atoms with Crippen LogP contribution in [0, 0.1) is 0 Å². The Bertz CT molecular complexity index is 370. The molecule has 0 spiro atoms. The molecule has 2 aromatic rings. The smallest absolute Gasteiger partial charge is 0.0862 e. The topological polar surface area (TPSA) is 30.7 Å². The molecule has 2 heterocycles. The number of pyridine rings is 1. The second-order valence-electron chi connectivity index (χ2n) is 2.28. The molecule has 0 aliphatic heterocycles. The van der Waals surface area contributed by atoms with Crippen LogP contribution >= 0.6 is 11.6 Å². The van der Waals surface area contributed by atoms with Gasteiger partial charge in [0.1, 0.15) is 0 Å². The molecule has 0 unspecified atom stereocenters. The molecule has 0 amide bonds. The summed E-state index contributed by atoms with van der Waals surface area (Å²) in [5.41, 5.74) is 0.844. The van der Waals surface area contributed by atoms with Gasteiger partial charge in [0.25, 0.3) is 0 Å². The summed E-state index contributed by atoms with van der Waals surface area (Å²) in [5.74, 6) is 0. The first-order chi connectivity index (χ1) is 5.88. The second-order valence-corrected chi connectivity index (χ2v) is 2.68. The number of hydrogen-bond donors (Lipinski definition) is 0. The number of aromatic nitrogens is 3. The Morgan fingerprint density at radius 3 is 2.92 bits per heavy atom. The van der Waals surface area contributed by atoms with Crippen LogP contribution in [0.15, 0.2) is 36.9 Å². The zero-order chi connectivity index (χ0) is 8.39. The van der Waals surface area contributed by atoms with Crippen LogP contribution < -0.4 is 0 Å². The Morgan fingerprint density at radius 1 is 1.33 bits per heavy atom. The van der Waals surface area contributed by atoms with E-state index in [4.69, 9.17) is 11.6 Å². The van der Waals surface area contributed by atoms with Crippen LogP contribution in [-0.2, 0) is 0 Å². The van der Waals surface area contributed by atoms with Crippen LogP contribution in [-0.4, -0.2) is 14.8 Å². The van der Waals surface area contributed by atoms with Gasteiger partial charge in [-0.15, -0.1) is 0 Å². The van der Waals surface area contributed by atoms with E-state index in [1.165, 1.54) is 0 Å². The fraction of sp³-hybridized carbons (Fsp3) is 0. The Kier molecular flexibility index (Phi) is 1.80. The molecule has 0 N–H and O–H groups in total. The van der Waals surface area contributed by atoms with E-state index in [0.29, 0.717) is 5.02 Å². The molecule has 2 rings (SSSR count). The molecule has 0 saturated carbocycles. The van der Waals surface area contributed by atoms with Gasteiger partial charge in [0, 0.05) is 24.8 Å². The number of hydrogen-bond acceptors (Lipinski definition) is 2. The van der Waals surface area contributed by atoms with Crippen LogP contribution in [0.5, 0.6) is 0 Å². The van der Waals surface area contributed by atoms with Crippen LogP contribution in [0.4, 0.5) is 0 Å². The van der Waals surface area contributed by atoms with Crippen molar-refractivity contribution in [3.63, 3.8) is 0 Å². The lowest BCUT2D eigenvalue weighted by Crippen LogP contribution is -1.94. The predicted octanol–water partition coefficient (Wildman–Crippen LogP) is 1.92. The average molecular weight is 180 g/mol. The third-order valence-corrected chi connectivity index (χ3v) is 1.79. The first-order valence-electron chi connectivity index (χ1n) is 3.47. The maximum atomic E-state index is 5.89. The van der Waals surface area contributed by atoms with Gasteiger partial charge in [0.2, 0.25) is 0 Å². The first kappa shape index (κ1) is 7.31. The molecule has 3 nitrogen and oxygen atoms in total. The Morgan fingerprint density at radius 2 is 2.25 bits per heavy atom. The van der Waals surface area contributed by atoms with Gasteiger partial charge in [-0.2, -0.15) is 5.10 Å². The van der Waals surface area contributed by atoms with Crippen molar-refractivity contribution in [2.75, 3.05) is 0 Å². The van der Waals surface area contributed by atoms with Gasteiger partial charge in [-0.05, 0) is 12.1 Å². The zero-order valence-corrected chi connectivity index (χ0v) is 6.94. The summed E-state index contributed by atoms with van der Waals surface area (Å²) >= 11 is 5.89. The maximum absolute atomic E-state index is 5.89. The highest BCUT2D eigenvalue weighted by Gasteiger charge is 2.00. The molecule has 0 aliphatic carbocycles. The van der Waals surface area contributed by atoms with Gasteiger partial charge in [-0.1, -0.05) is 11.6 Å². The lowest BCUT2D eigenvalue weighted by molar-refractivity contribution is 0.878. The van der Waals surface area contributed by atoms with E-state index >= 15 is 0 Å². The van der Waals surface area contributed by atoms with Crippen LogP contribution in [0.3, 0.4) is 0 Å². The third kappa shape index (κ3) is 1.19. The summed E-state index contributed by atoms with van der Waals surface area (Å²) in [6.45, 7) is 0. The van der Waals surface area contributed by atoms with Gasteiger partial charge in [0.15, 0.2) is 0 Å². The average Bonchev–Trinajstić information content (AvgIpc) is 2.57. The van der Waals surface area contributed by atoms with E-state index < -0.39 is 0 Å². The summed E-state index contributed by atoms with van der Waals surface area (Å²) < 4.78 is 1.70. The second kappa shape index (κ2) is 2.95. The highest BCUT2D eigenvalue weighted by atomic mass is 35.5. The number of nitrogens with zero attached hydrogens (tertiary/aromatic N) is 3. The molecule has 60 valence electrons. The Hall–Kier alpha value is -1.35. The van der Waals surface area contributed by atoms with Gasteiger partial charge in [-0.3, -0.25) is 4.98 Å². The molecule has 0 bridgehead atoms. The minimum Gasteiger partial charge on any atom is -0.263 e. The summed E-state index contributed by atoms with van der Waals surface area (Å²) in [7, 11) is 0. The third-order valence-electron chi connectivity index (χ3n) is 1.50. The fourth-order valence-corrected chi connectivity index (χ4v) is 1.17. The van der Waals surface area contributed by atoms with Crippen LogP contribution in [0.2, 0.25) is 5.02 Å². The fourth-order valence-electron chi connectivity index (χ4n) is 0.965. The summed E-state index contributed by atoms with van der Waals surface area (Å²) in [6.07, 6.45) is 6.82. The van der Waals surface area contributed by atoms with Crippen molar-refractivity contribution in [1.82, 2.24) is 14.8 Å². The van der Waals surface area contributed by atoms with Crippen molar-refractivity contribution in [2.24, 2.45) is 0 Å². The van der Waals surface area contributed by atoms with Crippen molar-refractivity contribution >= 4 is 11.6 Å². The minimum absolute atomic E-state index is 0.598. The summed E-state index contributed by atoms with van der Waals surface area (Å²) in [6, 6.07) is 3.66. The lowest BCUT2D eigenvalue weighted by atomic mass is 10.4. The lowest BCUT2D eigenvalue weighted by Gasteiger charge is -2.01. The van der Waals surface area contributed by atoms with E-state index in [-0.39, 0.29) is 0 Å². The first-order valence-corrected chi connectivity index (χ1v) is 3.85. The zero-order valence-electron chi connectivity index (χ0n) is 6.18. The van der Waals surface area contributed by atoms with Crippen molar-refractivity contribution < 1.29 is 0 Å². The van der Waals surface area contributed by atoms with E-state index in [1.54, 1.807) is 23.3 Å². The van der Waals surface area contributed by atoms with Crippen LogP contribution in [0.1, 0.15) is 0 Å². The van der Waals surface area contributed by atoms with Crippen molar-refractivity contribution in [3.05, 3.63) is 41.9 Å². The molecule has 0 atom stereocenters. The van der Waals surface area contributed by atoms with Gasteiger partial charge >= 0.3 is 0 Å². The molecule has 12 heavy (non-hydrogen) atoms. The molecular weight excluding hydrogens is 174 g/mol. The monoisotopic (exact) mass is 179 g/mol. The highest BCUT2D eigenvalue weighted by molar-refractivity contribution is 6.32. The summed E-state index contributed by atoms with van der Waals surface area (Å²) in [5, 5.41) is 4.65.